The molecule has 1 saturated carbocycles. The maximum Gasteiger partial charge on any atom is 0.244 e. The fourth-order valence-electron chi connectivity index (χ4n) is 5.00. The first kappa shape index (κ1) is 16.9. The molecular weight excluding hydrogens is 316 g/mol. The third-order valence-corrected chi connectivity index (χ3v) is 6.30. The monoisotopic (exact) mass is 344 g/mol. The third kappa shape index (κ3) is 2.64. The number of anilines is 1. The molecule has 0 unspecified atom stereocenters. The Morgan fingerprint density at radius 3 is 2.88 bits per heavy atom. The predicted molar refractivity (Wildman–Crippen MR) is 96.9 cm³/mol. The number of nitrogens with zero attached hydrogens (tertiary/aromatic N) is 1. The highest BCUT2D eigenvalue weighted by molar-refractivity contribution is 5.99. The zero-order valence-corrected chi connectivity index (χ0v) is 15.3. The molecule has 0 spiro atoms. The molecular formula is C20H28N2O3. The summed E-state index contributed by atoms with van der Waals surface area (Å²) in [4.78, 5) is 15.0. The lowest BCUT2D eigenvalue weighted by atomic mass is 9.57. The van der Waals surface area contributed by atoms with Crippen LogP contribution in [0.3, 0.4) is 0 Å². The van der Waals surface area contributed by atoms with Crippen molar-refractivity contribution in [3.8, 4) is 5.75 Å². The molecule has 3 fully saturated rings. The molecule has 0 aromatic heterocycles. The van der Waals surface area contributed by atoms with Gasteiger partial charge in [-0.1, -0.05) is 26.0 Å². The van der Waals surface area contributed by atoms with Crippen molar-refractivity contribution in [2.24, 2.45) is 11.3 Å². The van der Waals surface area contributed by atoms with Crippen molar-refractivity contribution in [3.63, 3.8) is 0 Å². The van der Waals surface area contributed by atoms with Crippen LogP contribution >= 0.6 is 0 Å². The van der Waals surface area contributed by atoms with Crippen LogP contribution in [0.1, 0.15) is 33.1 Å². The third-order valence-electron chi connectivity index (χ3n) is 6.30. The second kappa shape index (κ2) is 6.29. The zero-order valence-electron chi connectivity index (χ0n) is 15.3. The fourth-order valence-corrected chi connectivity index (χ4v) is 5.00. The molecule has 5 nitrogen and oxygen atoms in total. The number of piperidine rings is 1. The number of rotatable bonds is 4. The first-order chi connectivity index (χ1) is 12.0. The number of para-hydroxylation sites is 2. The average molecular weight is 344 g/mol. The Kier molecular flexibility index (Phi) is 4.24. The van der Waals surface area contributed by atoms with Crippen LogP contribution in [-0.2, 0) is 9.53 Å². The number of ether oxygens (including phenoxy) is 2. The van der Waals surface area contributed by atoms with E-state index < -0.39 is 0 Å². The number of hydrogen-bond acceptors (Lipinski definition) is 4. The Labute approximate surface area is 149 Å². The number of carbonyl (C=O) groups is 1. The molecule has 4 atom stereocenters. The number of nitrogens with one attached hydrogen (secondary N) is 1. The highest BCUT2D eigenvalue weighted by Crippen LogP contribution is 2.52. The molecule has 2 heterocycles. The van der Waals surface area contributed by atoms with Crippen molar-refractivity contribution in [2.75, 3.05) is 25.2 Å². The lowest BCUT2D eigenvalue weighted by Gasteiger charge is -2.56. The van der Waals surface area contributed by atoms with Crippen LogP contribution in [0.25, 0.3) is 0 Å². The van der Waals surface area contributed by atoms with E-state index in [4.69, 9.17) is 9.47 Å². The van der Waals surface area contributed by atoms with Crippen molar-refractivity contribution in [1.82, 2.24) is 5.32 Å². The summed E-state index contributed by atoms with van der Waals surface area (Å²) in [5, 5.41) is 3.69. The van der Waals surface area contributed by atoms with Gasteiger partial charge in [-0.05, 0) is 31.4 Å². The molecule has 25 heavy (non-hydrogen) atoms. The van der Waals surface area contributed by atoms with E-state index in [2.05, 4.69) is 19.2 Å². The lowest BCUT2D eigenvalue weighted by Crippen LogP contribution is -2.69. The van der Waals surface area contributed by atoms with Crippen molar-refractivity contribution in [1.29, 1.82) is 0 Å². The number of fused-ring (bicyclic) bond motifs is 1. The van der Waals surface area contributed by atoms with Gasteiger partial charge in [-0.3, -0.25) is 4.79 Å². The van der Waals surface area contributed by atoms with Gasteiger partial charge >= 0.3 is 0 Å². The normalized spacial score (nSPS) is 33.7. The predicted octanol–water partition coefficient (Wildman–Crippen LogP) is 2.59. The van der Waals surface area contributed by atoms with Crippen molar-refractivity contribution < 1.29 is 14.3 Å². The molecule has 3 aliphatic rings. The number of amides is 1. The molecule has 2 saturated heterocycles. The molecule has 0 bridgehead atoms. The van der Waals surface area contributed by atoms with Gasteiger partial charge in [0.05, 0.1) is 24.9 Å². The van der Waals surface area contributed by atoms with Crippen molar-refractivity contribution in [2.45, 2.75) is 51.3 Å². The summed E-state index contributed by atoms with van der Waals surface area (Å²) in [5.41, 5.74) is 0.963. The Morgan fingerprint density at radius 2 is 2.08 bits per heavy atom. The number of benzene rings is 1. The van der Waals surface area contributed by atoms with Gasteiger partial charge in [0.1, 0.15) is 5.75 Å². The minimum atomic E-state index is -0.121. The van der Waals surface area contributed by atoms with Crippen LogP contribution in [0, 0.1) is 11.3 Å². The SMILES string of the molecule is COc1ccccc1N1CCC[C@H](N[C@@H]2[C@@H]3CCO[C@H]3C2(C)C)C1=O. The number of methoxy groups -OCH3 is 1. The minimum Gasteiger partial charge on any atom is -0.495 e. The highest BCUT2D eigenvalue weighted by atomic mass is 16.5. The molecule has 5 heteroatoms. The molecule has 4 rings (SSSR count). The molecule has 1 aromatic carbocycles. The molecule has 1 aromatic rings. The summed E-state index contributed by atoms with van der Waals surface area (Å²) in [6.45, 7) is 6.11. The lowest BCUT2D eigenvalue weighted by molar-refractivity contribution is -0.131. The van der Waals surface area contributed by atoms with E-state index in [1.165, 1.54) is 0 Å². The van der Waals surface area contributed by atoms with Crippen molar-refractivity contribution >= 4 is 11.6 Å². The molecule has 136 valence electrons. The van der Waals surface area contributed by atoms with Crippen LogP contribution in [0.15, 0.2) is 24.3 Å². The maximum absolute atomic E-state index is 13.1. The van der Waals surface area contributed by atoms with Gasteiger partial charge in [0.15, 0.2) is 0 Å². The smallest absolute Gasteiger partial charge is 0.244 e. The van der Waals surface area contributed by atoms with E-state index in [1.54, 1.807) is 7.11 Å². The van der Waals surface area contributed by atoms with E-state index in [-0.39, 0.29) is 17.4 Å². The Morgan fingerprint density at radius 1 is 1.28 bits per heavy atom. The van der Waals surface area contributed by atoms with E-state index in [0.29, 0.717) is 18.1 Å². The van der Waals surface area contributed by atoms with E-state index >= 15 is 0 Å². The largest absolute Gasteiger partial charge is 0.495 e. The van der Waals surface area contributed by atoms with Gasteiger partial charge in [0.25, 0.3) is 0 Å². The van der Waals surface area contributed by atoms with Gasteiger partial charge in [0, 0.05) is 30.5 Å². The Bertz CT molecular complexity index is 660. The highest BCUT2D eigenvalue weighted by Gasteiger charge is 2.59. The first-order valence-corrected chi connectivity index (χ1v) is 9.36. The summed E-state index contributed by atoms with van der Waals surface area (Å²) in [7, 11) is 1.65. The standard InChI is InChI=1S/C20H28N2O3/c1-20(2)17(13-10-12-25-18(13)20)21-14-7-6-11-22(19(14)23)15-8-4-5-9-16(15)24-3/h4-5,8-9,13-14,17-18,21H,6-7,10-12H2,1-3H3/t13-,14-,17+,18+/m0/s1. The van der Waals surface area contributed by atoms with E-state index in [9.17, 15) is 4.79 Å². The molecule has 1 N–H and O–H groups in total. The summed E-state index contributed by atoms with van der Waals surface area (Å²) < 4.78 is 11.3. The van der Waals surface area contributed by atoms with Crippen LogP contribution in [0.5, 0.6) is 5.75 Å². The second-order valence-corrected chi connectivity index (χ2v) is 8.07. The molecule has 1 amide bonds. The van der Waals surface area contributed by atoms with Gasteiger partial charge in [-0.15, -0.1) is 0 Å². The van der Waals surface area contributed by atoms with Crippen LogP contribution in [0.4, 0.5) is 5.69 Å². The minimum absolute atomic E-state index is 0.0914. The van der Waals surface area contributed by atoms with Crippen molar-refractivity contribution in [3.05, 3.63) is 24.3 Å². The van der Waals surface area contributed by atoms with E-state index in [1.807, 2.05) is 29.2 Å². The summed E-state index contributed by atoms with van der Waals surface area (Å²) in [5.74, 6) is 1.46. The summed E-state index contributed by atoms with van der Waals surface area (Å²) >= 11 is 0. The number of hydrogen-bond donors (Lipinski definition) is 1. The average Bonchev–Trinajstić information content (AvgIpc) is 3.08. The topological polar surface area (TPSA) is 50.8 Å². The van der Waals surface area contributed by atoms with Gasteiger partial charge in [0.2, 0.25) is 5.91 Å². The van der Waals surface area contributed by atoms with Gasteiger partial charge < -0.3 is 19.7 Å². The Hall–Kier alpha value is -1.59. The maximum atomic E-state index is 13.1. The van der Waals surface area contributed by atoms with Crippen LogP contribution < -0.4 is 15.0 Å². The Balaban J connectivity index is 1.51. The van der Waals surface area contributed by atoms with E-state index in [0.717, 1.165) is 43.9 Å². The van der Waals surface area contributed by atoms with Gasteiger partial charge in [-0.25, -0.2) is 0 Å². The first-order valence-electron chi connectivity index (χ1n) is 9.36. The van der Waals surface area contributed by atoms with Gasteiger partial charge in [-0.2, -0.15) is 0 Å². The van der Waals surface area contributed by atoms with Crippen LogP contribution in [-0.4, -0.2) is 44.4 Å². The summed E-state index contributed by atoms with van der Waals surface area (Å²) in [6.07, 6.45) is 3.34. The fraction of sp³-hybridized carbons (Fsp3) is 0.650. The quantitative estimate of drug-likeness (QED) is 0.912. The number of carbonyl (C=O) groups excluding carboxylic acids is 1. The second-order valence-electron chi connectivity index (χ2n) is 8.07. The molecule has 2 aliphatic heterocycles. The van der Waals surface area contributed by atoms with Crippen LogP contribution in [0.2, 0.25) is 0 Å². The molecule has 0 radical (unpaired) electrons. The molecule has 1 aliphatic carbocycles. The summed E-state index contributed by atoms with van der Waals surface area (Å²) in [6, 6.07) is 8.00. The zero-order chi connectivity index (χ0) is 17.6.